The summed E-state index contributed by atoms with van der Waals surface area (Å²) in [7, 11) is -0.901. The Labute approximate surface area is 161 Å². The summed E-state index contributed by atoms with van der Waals surface area (Å²) in [6, 6.07) is 12.6. The van der Waals surface area contributed by atoms with E-state index in [0.29, 0.717) is 11.3 Å². The first kappa shape index (κ1) is 21.4. The zero-order valence-electron chi connectivity index (χ0n) is 16.0. The molecule has 27 heavy (non-hydrogen) atoms. The van der Waals surface area contributed by atoms with Crippen LogP contribution in [0.5, 0.6) is 5.75 Å². The number of likely N-dealkylation sites (N-methyl/N-ethyl adjacent to an activating group) is 1. The highest BCUT2D eigenvalue weighted by atomic mass is 32.2. The average Bonchev–Trinajstić information content (AvgIpc) is 2.67. The molecule has 0 amide bonds. The molecule has 0 radical (unpaired) electrons. The third-order valence-corrected chi connectivity index (χ3v) is 6.68. The molecule has 0 spiro atoms. The molecule has 2 N–H and O–H groups in total. The van der Waals surface area contributed by atoms with Gasteiger partial charge in [-0.2, -0.15) is 4.31 Å². The van der Waals surface area contributed by atoms with E-state index in [1.54, 1.807) is 49.6 Å². The Kier molecular flexibility index (Phi) is 7.00. The Hall–Kier alpha value is -1.93. The van der Waals surface area contributed by atoms with Gasteiger partial charge < -0.3 is 14.9 Å². The molecule has 0 heterocycles. The Morgan fingerprint density at radius 3 is 2.19 bits per heavy atom. The van der Waals surface area contributed by atoms with Gasteiger partial charge in [0.25, 0.3) is 0 Å². The van der Waals surface area contributed by atoms with Crippen molar-refractivity contribution in [3.05, 3.63) is 59.7 Å². The Balaban J connectivity index is 2.47. The predicted octanol–water partition coefficient (Wildman–Crippen LogP) is 2.41. The van der Waals surface area contributed by atoms with Crippen LogP contribution in [0.4, 0.5) is 0 Å². The van der Waals surface area contributed by atoms with E-state index >= 15 is 0 Å². The van der Waals surface area contributed by atoms with Crippen molar-refractivity contribution in [2.45, 2.75) is 30.9 Å². The topological polar surface area (TPSA) is 87.1 Å². The van der Waals surface area contributed by atoms with Crippen LogP contribution in [0.15, 0.2) is 53.4 Å². The van der Waals surface area contributed by atoms with Gasteiger partial charge in [-0.3, -0.25) is 0 Å². The third-order valence-electron chi connectivity index (χ3n) is 4.73. The second-order valence-electron chi connectivity index (χ2n) is 6.73. The van der Waals surface area contributed by atoms with Crippen LogP contribution in [-0.4, -0.2) is 49.7 Å². The maximum atomic E-state index is 13.2. The molecular formula is C20H27NO5S. The molecule has 0 unspecified atom stereocenters. The number of nitrogens with zero attached hydrogens (tertiary/aromatic N) is 1. The molecule has 0 fully saturated rings. The van der Waals surface area contributed by atoms with Crippen LogP contribution >= 0.6 is 0 Å². The first-order valence-electron chi connectivity index (χ1n) is 8.73. The minimum absolute atomic E-state index is 0.0231. The number of hydrogen-bond acceptors (Lipinski definition) is 5. The molecule has 0 bridgehead atoms. The fourth-order valence-electron chi connectivity index (χ4n) is 2.99. The highest BCUT2D eigenvalue weighted by Crippen LogP contribution is 2.31. The summed E-state index contributed by atoms with van der Waals surface area (Å²) in [5.41, 5.74) is 0.846. The minimum atomic E-state index is -3.90. The van der Waals surface area contributed by atoms with Gasteiger partial charge in [-0.05, 0) is 29.7 Å². The van der Waals surface area contributed by atoms with E-state index in [9.17, 15) is 18.6 Å². The van der Waals surface area contributed by atoms with Crippen LogP contribution < -0.4 is 4.74 Å². The zero-order valence-corrected chi connectivity index (χ0v) is 16.8. The van der Waals surface area contributed by atoms with E-state index in [-0.39, 0.29) is 23.0 Å². The summed E-state index contributed by atoms with van der Waals surface area (Å²) in [5, 5.41) is 20.4. The Morgan fingerprint density at radius 1 is 1.07 bits per heavy atom. The highest BCUT2D eigenvalue weighted by Gasteiger charge is 2.32. The molecule has 2 rings (SSSR count). The Bertz CT molecular complexity index is 849. The number of aliphatic hydroxyl groups is 2. The van der Waals surface area contributed by atoms with Crippen LogP contribution in [0.3, 0.4) is 0 Å². The summed E-state index contributed by atoms with van der Waals surface area (Å²) < 4.78 is 32.7. The van der Waals surface area contributed by atoms with E-state index < -0.39 is 22.2 Å². The Morgan fingerprint density at radius 2 is 1.67 bits per heavy atom. The number of sulfonamides is 1. The lowest BCUT2D eigenvalue weighted by molar-refractivity contribution is 0.167. The molecule has 148 valence electrons. The maximum absolute atomic E-state index is 13.2. The molecule has 0 saturated carbocycles. The van der Waals surface area contributed by atoms with Crippen molar-refractivity contribution >= 4 is 10.0 Å². The number of methoxy groups -OCH3 is 1. The molecule has 6 nitrogen and oxygen atoms in total. The summed E-state index contributed by atoms with van der Waals surface area (Å²) in [6.07, 6.45) is -1.11. The molecule has 0 aliphatic carbocycles. The van der Waals surface area contributed by atoms with E-state index in [4.69, 9.17) is 4.74 Å². The van der Waals surface area contributed by atoms with Crippen molar-refractivity contribution in [2.75, 3.05) is 20.8 Å². The zero-order chi connectivity index (χ0) is 20.2. The normalized spacial score (nSPS) is 14.4. The molecule has 2 aromatic carbocycles. The lowest BCUT2D eigenvalue weighted by Gasteiger charge is -2.30. The standard InChI is InChI=1S/C20H27NO5S/c1-14(2)18(13-22)21(3)27(24,25)19-8-6-5-7-17(19)20(23)15-9-11-16(26-4)12-10-15/h5-12,14,18,20,22-23H,13H2,1-4H3/t18-,20-/m1/s1. The first-order valence-corrected chi connectivity index (χ1v) is 10.2. The van der Waals surface area contributed by atoms with Crippen LogP contribution in [0, 0.1) is 5.92 Å². The van der Waals surface area contributed by atoms with E-state index in [0.717, 1.165) is 0 Å². The van der Waals surface area contributed by atoms with Crippen molar-refractivity contribution in [3.8, 4) is 5.75 Å². The predicted molar refractivity (Wildman–Crippen MR) is 104 cm³/mol. The van der Waals surface area contributed by atoms with E-state index in [1.807, 2.05) is 13.8 Å². The van der Waals surface area contributed by atoms with Crippen molar-refractivity contribution in [3.63, 3.8) is 0 Å². The second-order valence-corrected chi connectivity index (χ2v) is 8.69. The lowest BCUT2D eigenvalue weighted by Crippen LogP contribution is -2.43. The quantitative estimate of drug-likeness (QED) is 0.719. The molecular weight excluding hydrogens is 366 g/mol. The van der Waals surface area contributed by atoms with Gasteiger partial charge in [0.1, 0.15) is 11.9 Å². The van der Waals surface area contributed by atoms with Crippen molar-refractivity contribution in [1.29, 1.82) is 0 Å². The average molecular weight is 394 g/mol. The largest absolute Gasteiger partial charge is 0.497 e. The van der Waals surface area contributed by atoms with Crippen LogP contribution in [0.25, 0.3) is 0 Å². The van der Waals surface area contributed by atoms with Gasteiger partial charge in [-0.15, -0.1) is 0 Å². The number of hydrogen-bond donors (Lipinski definition) is 2. The maximum Gasteiger partial charge on any atom is 0.243 e. The summed E-state index contributed by atoms with van der Waals surface area (Å²) in [5.74, 6) is 0.586. The van der Waals surface area contributed by atoms with Gasteiger partial charge in [0.2, 0.25) is 10.0 Å². The van der Waals surface area contributed by atoms with E-state index in [2.05, 4.69) is 0 Å². The molecule has 0 aliphatic rings. The van der Waals surface area contributed by atoms with Gasteiger partial charge in [0.05, 0.1) is 24.7 Å². The van der Waals surface area contributed by atoms with Crippen LogP contribution in [0.1, 0.15) is 31.1 Å². The van der Waals surface area contributed by atoms with Crippen molar-refractivity contribution in [1.82, 2.24) is 4.31 Å². The highest BCUT2D eigenvalue weighted by molar-refractivity contribution is 7.89. The molecule has 2 atom stereocenters. The van der Waals surface area contributed by atoms with Gasteiger partial charge in [-0.1, -0.05) is 44.2 Å². The fourth-order valence-corrected chi connectivity index (χ4v) is 4.69. The molecule has 2 aromatic rings. The van der Waals surface area contributed by atoms with Crippen LogP contribution in [-0.2, 0) is 10.0 Å². The SMILES string of the molecule is COc1ccc([C@@H](O)c2ccccc2S(=O)(=O)N(C)[C@H](CO)C(C)C)cc1. The van der Waals surface area contributed by atoms with Crippen molar-refractivity contribution < 1.29 is 23.4 Å². The molecule has 0 saturated heterocycles. The lowest BCUT2D eigenvalue weighted by atomic mass is 10.0. The smallest absolute Gasteiger partial charge is 0.243 e. The number of ether oxygens (including phenoxy) is 1. The van der Waals surface area contributed by atoms with Crippen LogP contribution in [0.2, 0.25) is 0 Å². The second kappa shape index (κ2) is 8.84. The monoisotopic (exact) mass is 393 g/mol. The van der Waals surface area contributed by atoms with Gasteiger partial charge in [-0.25, -0.2) is 8.42 Å². The number of aliphatic hydroxyl groups excluding tert-OH is 2. The van der Waals surface area contributed by atoms with Gasteiger partial charge in [0.15, 0.2) is 0 Å². The summed E-state index contributed by atoms with van der Waals surface area (Å²) in [6.45, 7) is 3.42. The number of rotatable bonds is 8. The van der Waals surface area contributed by atoms with E-state index in [1.165, 1.54) is 17.4 Å². The fraction of sp³-hybridized carbons (Fsp3) is 0.400. The molecule has 0 aromatic heterocycles. The minimum Gasteiger partial charge on any atom is -0.497 e. The van der Waals surface area contributed by atoms with Gasteiger partial charge in [0, 0.05) is 12.6 Å². The number of benzene rings is 2. The third kappa shape index (κ3) is 4.50. The molecule has 0 aliphatic heterocycles. The first-order chi connectivity index (χ1) is 12.7. The summed E-state index contributed by atoms with van der Waals surface area (Å²) >= 11 is 0. The summed E-state index contributed by atoms with van der Waals surface area (Å²) in [4.78, 5) is 0.0231. The molecule has 7 heteroatoms. The van der Waals surface area contributed by atoms with Gasteiger partial charge >= 0.3 is 0 Å². The van der Waals surface area contributed by atoms with Crippen molar-refractivity contribution in [2.24, 2.45) is 5.92 Å².